The number of nitrogens with zero attached hydrogens (tertiary/aromatic N) is 1. The largest absolute Gasteiger partial charge is 0.489 e. The van der Waals surface area contributed by atoms with E-state index in [0.29, 0.717) is 47.4 Å². The van der Waals surface area contributed by atoms with E-state index in [0.717, 1.165) is 25.7 Å². The third-order valence-corrected chi connectivity index (χ3v) is 8.17. The molecule has 0 unspecified atom stereocenters. The minimum Gasteiger partial charge on any atom is -0.489 e. The molecule has 1 aromatic heterocycles. The molecular formula is C28H29ClFNO5. The number of amides is 1. The fraction of sp³-hybridized carbons (Fsp3) is 0.429. The fourth-order valence-corrected chi connectivity index (χ4v) is 5.77. The van der Waals surface area contributed by atoms with Crippen LogP contribution in [-0.2, 0) is 17.8 Å². The van der Waals surface area contributed by atoms with Crippen LogP contribution in [0.15, 0.2) is 45.6 Å². The van der Waals surface area contributed by atoms with Crippen molar-refractivity contribution in [3.8, 4) is 5.75 Å². The maximum absolute atomic E-state index is 14.0. The van der Waals surface area contributed by atoms with Gasteiger partial charge in [-0.25, -0.2) is 9.18 Å². The number of carbonyl (C=O) groups is 1. The molecule has 2 heterocycles. The zero-order valence-electron chi connectivity index (χ0n) is 20.2. The van der Waals surface area contributed by atoms with Gasteiger partial charge in [-0.1, -0.05) is 30.5 Å². The van der Waals surface area contributed by atoms with Gasteiger partial charge >= 0.3 is 5.63 Å². The highest BCUT2D eigenvalue weighted by molar-refractivity contribution is 6.31. The highest BCUT2D eigenvalue weighted by atomic mass is 35.5. The molecule has 5 rings (SSSR count). The lowest BCUT2D eigenvalue weighted by Gasteiger charge is -2.47. The van der Waals surface area contributed by atoms with Crippen molar-refractivity contribution in [3.05, 3.63) is 74.3 Å². The van der Waals surface area contributed by atoms with Crippen LogP contribution in [0.3, 0.4) is 0 Å². The average Bonchev–Trinajstić information content (AvgIpc) is 2.85. The Morgan fingerprint density at radius 3 is 2.89 bits per heavy atom. The van der Waals surface area contributed by atoms with Crippen LogP contribution in [0.25, 0.3) is 11.0 Å². The smallest absolute Gasteiger partial charge is 0.340 e. The molecule has 190 valence electrons. The third-order valence-electron chi connectivity index (χ3n) is 7.81. The first-order valence-corrected chi connectivity index (χ1v) is 12.7. The van der Waals surface area contributed by atoms with Gasteiger partial charge < -0.3 is 19.2 Å². The number of hydrogen-bond donors (Lipinski definition) is 1. The Hall–Kier alpha value is -2.90. The van der Waals surface area contributed by atoms with Crippen LogP contribution in [0.2, 0.25) is 5.02 Å². The molecule has 1 saturated heterocycles. The van der Waals surface area contributed by atoms with Crippen molar-refractivity contribution in [2.45, 2.75) is 57.7 Å². The third kappa shape index (κ3) is 4.74. The summed E-state index contributed by atoms with van der Waals surface area (Å²) in [6.45, 7) is 2.76. The number of halogens is 2. The molecule has 2 atom stereocenters. The van der Waals surface area contributed by atoms with Crippen LogP contribution in [0.5, 0.6) is 5.75 Å². The predicted molar refractivity (Wildman–Crippen MR) is 135 cm³/mol. The topological polar surface area (TPSA) is 80.0 Å². The molecular weight excluding hydrogens is 485 g/mol. The monoisotopic (exact) mass is 513 g/mol. The minimum atomic E-state index is -0.662. The number of ether oxygens (including phenoxy) is 1. The van der Waals surface area contributed by atoms with E-state index in [-0.39, 0.29) is 35.4 Å². The molecule has 0 spiro atoms. The van der Waals surface area contributed by atoms with Crippen LogP contribution >= 0.6 is 11.6 Å². The molecule has 1 amide bonds. The number of likely N-dealkylation sites (tertiary alicyclic amines) is 1. The molecule has 3 aromatic rings. The van der Waals surface area contributed by atoms with E-state index in [2.05, 4.69) is 0 Å². The molecule has 8 heteroatoms. The molecule has 2 fully saturated rings. The van der Waals surface area contributed by atoms with Crippen molar-refractivity contribution in [2.24, 2.45) is 5.92 Å². The molecule has 36 heavy (non-hydrogen) atoms. The van der Waals surface area contributed by atoms with Gasteiger partial charge in [0, 0.05) is 36.0 Å². The highest BCUT2D eigenvalue weighted by Gasteiger charge is 2.43. The van der Waals surface area contributed by atoms with E-state index in [1.54, 1.807) is 36.1 Å². The zero-order valence-corrected chi connectivity index (χ0v) is 20.9. The van der Waals surface area contributed by atoms with E-state index in [1.165, 1.54) is 12.1 Å². The van der Waals surface area contributed by atoms with Crippen molar-refractivity contribution >= 4 is 28.5 Å². The summed E-state index contributed by atoms with van der Waals surface area (Å²) in [5.74, 6) is -0.0851. The van der Waals surface area contributed by atoms with Gasteiger partial charge in [-0.15, -0.1) is 0 Å². The van der Waals surface area contributed by atoms with Gasteiger partial charge in [0.05, 0.1) is 22.6 Å². The number of benzene rings is 2. The number of rotatable bonds is 5. The van der Waals surface area contributed by atoms with Crippen LogP contribution in [-0.4, -0.2) is 34.6 Å². The molecule has 2 aliphatic rings. The van der Waals surface area contributed by atoms with E-state index >= 15 is 0 Å². The summed E-state index contributed by atoms with van der Waals surface area (Å²) in [6, 6.07) is 9.49. The maximum atomic E-state index is 14.0. The van der Waals surface area contributed by atoms with Crippen molar-refractivity contribution in [2.75, 3.05) is 13.1 Å². The Bertz CT molecular complexity index is 1350. The molecule has 6 nitrogen and oxygen atoms in total. The van der Waals surface area contributed by atoms with Gasteiger partial charge in [-0.2, -0.15) is 0 Å². The quantitative estimate of drug-likeness (QED) is 0.476. The summed E-state index contributed by atoms with van der Waals surface area (Å²) in [4.78, 5) is 27.7. The van der Waals surface area contributed by atoms with Crippen LogP contribution in [0, 0.1) is 18.7 Å². The summed E-state index contributed by atoms with van der Waals surface area (Å²) in [7, 11) is 0. The van der Waals surface area contributed by atoms with E-state index in [4.69, 9.17) is 20.8 Å². The summed E-state index contributed by atoms with van der Waals surface area (Å²) >= 11 is 6.06. The second kappa shape index (κ2) is 9.87. The molecule has 1 aliphatic carbocycles. The summed E-state index contributed by atoms with van der Waals surface area (Å²) in [5.41, 5.74) is 0.373. The Kier molecular flexibility index (Phi) is 6.79. The fourth-order valence-electron chi connectivity index (χ4n) is 5.55. The lowest BCUT2D eigenvalue weighted by Crippen LogP contribution is -2.55. The normalized spacial score (nSPS) is 21.9. The number of hydrogen-bond acceptors (Lipinski definition) is 5. The van der Waals surface area contributed by atoms with E-state index < -0.39 is 17.0 Å². The SMILES string of the molecule is Cc1c(CC(=O)N2CC[C@@]3(O)CCCC[C@H]3C2)c(=O)oc2cc(OCc3c(F)cccc3Cl)ccc12. The van der Waals surface area contributed by atoms with Crippen molar-refractivity contribution in [3.63, 3.8) is 0 Å². The van der Waals surface area contributed by atoms with Gasteiger partial charge in [0.15, 0.2) is 0 Å². The van der Waals surface area contributed by atoms with Crippen LogP contribution in [0.4, 0.5) is 4.39 Å². The maximum Gasteiger partial charge on any atom is 0.340 e. The lowest BCUT2D eigenvalue weighted by molar-refractivity contribution is -0.142. The second-order valence-corrected chi connectivity index (χ2v) is 10.4. The number of carbonyl (C=O) groups excluding carboxylic acids is 1. The number of piperidine rings is 1. The van der Waals surface area contributed by atoms with Gasteiger partial charge in [-0.05, 0) is 56.0 Å². The molecule has 1 saturated carbocycles. The highest BCUT2D eigenvalue weighted by Crippen LogP contribution is 2.40. The Morgan fingerprint density at radius 2 is 2.08 bits per heavy atom. The molecule has 2 aromatic carbocycles. The molecule has 1 N–H and O–H groups in total. The van der Waals surface area contributed by atoms with Gasteiger partial charge in [0.25, 0.3) is 0 Å². The molecule has 1 aliphatic heterocycles. The number of aryl methyl sites for hydroxylation is 1. The zero-order chi connectivity index (χ0) is 25.4. The first kappa shape index (κ1) is 24.8. The number of aliphatic hydroxyl groups is 1. The molecule has 0 radical (unpaired) electrons. The number of fused-ring (bicyclic) bond motifs is 2. The second-order valence-electron chi connectivity index (χ2n) is 9.95. The van der Waals surface area contributed by atoms with Crippen molar-refractivity contribution in [1.29, 1.82) is 0 Å². The Balaban J connectivity index is 1.32. The summed E-state index contributed by atoms with van der Waals surface area (Å²) < 4.78 is 25.3. The summed E-state index contributed by atoms with van der Waals surface area (Å²) in [5, 5.41) is 11.9. The van der Waals surface area contributed by atoms with E-state index in [1.807, 2.05) is 0 Å². The predicted octanol–water partition coefficient (Wildman–Crippen LogP) is 5.17. The van der Waals surface area contributed by atoms with Crippen molar-refractivity contribution < 1.29 is 23.4 Å². The van der Waals surface area contributed by atoms with Crippen molar-refractivity contribution in [1.82, 2.24) is 4.90 Å². The van der Waals surface area contributed by atoms with E-state index in [9.17, 15) is 19.1 Å². The Morgan fingerprint density at radius 1 is 1.25 bits per heavy atom. The first-order chi connectivity index (χ1) is 17.2. The minimum absolute atomic E-state index is 0.0424. The van der Waals surface area contributed by atoms with Crippen LogP contribution in [0.1, 0.15) is 48.8 Å². The summed E-state index contributed by atoms with van der Waals surface area (Å²) in [6.07, 6.45) is 4.36. The van der Waals surface area contributed by atoms with Gasteiger partial charge in [-0.3, -0.25) is 4.79 Å². The molecule has 0 bridgehead atoms. The average molecular weight is 514 g/mol. The standard InChI is InChI=1S/C28H29ClFNO5/c1-17-20-9-8-19(35-16-22-23(29)6-4-7-24(22)30)13-25(20)36-27(33)21(17)14-26(32)31-12-11-28(34)10-3-2-5-18(28)15-31/h4,6-9,13,18,34H,2-3,5,10-12,14-16H2,1H3/t18-,28-/m0/s1. The lowest BCUT2D eigenvalue weighted by atomic mass is 9.71. The van der Waals surface area contributed by atoms with Gasteiger partial charge in [0.2, 0.25) is 5.91 Å². The van der Waals surface area contributed by atoms with Crippen LogP contribution < -0.4 is 10.4 Å². The first-order valence-electron chi connectivity index (χ1n) is 12.4. The van der Waals surface area contributed by atoms with Gasteiger partial charge in [0.1, 0.15) is 23.8 Å². The Labute approximate surface area is 213 Å².